The first kappa shape index (κ1) is 21.8. The predicted octanol–water partition coefficient (Wildman–Crippen LogP) is 2.79. The van der Waals surface area contributed by atoms with Crippen molar-refractivity contribution in [3.8, 4) is 0 Å². The molecular weight excluding hydrogens is 428 g/mol. The predicted molar refractivity (Wildman–Crippen MR) is 116 cm³/mol. The number of aromatic nitrogens is 1. The molecule has 0 atom stereocenters. The molecule has 1 aromatic heterocycles. The van der Waals surface area contributed by atoms with Gasteiger partial charge in [-0.3, -0.25) is 4.72 Å². The highest BCUT2D eigenvalue weighted by Crippen LogP contribution is 2.33. The summed E-state index contributed by atoms with van der Waals surface area (Å²) >= 11 is 0. The molecule has 0 radical (unpaired) electrons. The molecule has 2 aromatic carbocycles. The second-order valence-corrected chi connectivity index (χ2v) is 10.7. The Labute approximate surface area is 175 Å². The van der Waals surface area contributed by atoms with Gasteiger partial charge < -0.3 is 4.74 Å². The minimum Gasteiger partial charge on any atom is -0.457 e. The van der Waals surface area contributed by atoms with Gasteiger partial charge in [0.05, 0.1) is 29.3 Å². The number of nitrogens with one attached hydrogen (secondary N) is 1. The summed E-state index contributed by atoms with van der Waals surface area (Å²) in [6.07, 6.45) is 2.05. The van der Waals surface area contributed by atoms with Crippen molar-refractivity contribution < 1.29 is 26.4 Å². The van der Waals surface area contributed by atoms with Crippen molar-refractivity contribution in [2.45, 2.75) is 20.5 Å². The molecule has 0 saturated heterocycles. The summed E-state index contributed by atoms with van der Waals surface area (Å²) in [5.74, 6) is -0.696. The van der Waals surface area contributed by atoms with E-state index in [2.05, 4.69) is 4.72 Å². The van der Waals surface area contributed by atoms with Crippen molar-refractivity contribution in [1.29, 1.82) is 0 Å². The number of carbonyl (C=O) groups is 1. The van der Waals surface area contributed by atoms with E-state index in [0.29, 0.717) is 5.56 Å². The first-order valence-electron chi connectivity index (χ1n) is 8.93. The zero-order valence-electron chi connectivity index (χ0n) is 17.0. The van der Waals surface area contributed by atoms with Gasteiger partial charge in [-0.05, 0) is 37.1 Å². The zero-order valence-corrected chi connectivity index (χ0v) is 18.6. The van der Waals surface area contributed by atoms with Gasteiger partial charge in [0.1, 0.15) is 6.61 Å². The molecule has 10 heteroatoms. The van der Waals surface area contributed by atoms with Crippen LogP contribution in [0.25, 0.3) is 10.9 Å². The second-order valence-electron chi connectivity index (χ2n) is 7.11. The Bertz CT molecular complexity index is 1340. The molecule has 8 nitrogen and oxygen atoms in total. The third kappa shape index (κ3) is 4.49. The summed E-state index contributed by atoms with van der Waals surface area (Å²) < 4.78 is 57.1. The van der Waals surface area contributed by atoms with Crippen molar-refractivity contribution in [2.75, 3.05) is 17.2 Å². The lowest BCUT2D eigenvalue weighted by Gasteiger charge is -2.10. The van der Waals surface area contributed by atoms with Crippen LogP contribution in [-0.2, 0) is 31.4 Å². The van der Waals surface area contributed by atoms with Crippen LogP contribution in [0.1, 0.15) is 27.2 Å². The summed E-state index contributed by atoms with van der Waals surface area (Å²) in [5.41, 5.74) is 2.10. The van der Waals surface area contributed by atoms with Crippen LogP contribution in [0, 0.1) is 13.8 Å². The maximum atomic E-state index is 12.9. The quantitative estimate of drug-likeness (QED) is 0.578. The Balaban J connectivity index is 2.17. The van der Waals surface area contributed by atoms with Crippen LogP contribution < -0.4 is 4.72 Å². The van der Waals surface area contributed by atoms with E-state index in [1.165, 1.54) is 19.1 Å². The molecule has 0 bridgehead atoms. The molecule has 0 saturated carbocycles. The summed E-state index contributed by atoms with van der Waals surface area (Å²) in [4.78, 5) is 12.9. The van der Waals surface area contributed by atoms with Crippen molar-refractivity contribution in [2.24, 2.45) is 0 Å². The fraction of sp³-hybridized carbons (Fsp3) is 0.250. The SMILES string of the molecule is Cc1cc2c(cc1NS(C)(=O)=O)c(C(=O)OCc1ccccc1)c(C)n2S(C)(=O)=O. The monoisotopic (exact) mass is 450 g/mol. The molecule has 1 heterocycles. The fourth-order valence-corrected chi connectivity index (χ4v) is 5.04. The summed E-state index contributed by atoms with van der Waals surface area (Å²) in [5, 5.41) is 0.285. The number of benzene rings is 2. The van der Waals surface area contributed by atoms with Crippen LogP contribution >= 0.6 is 0 Å². The summed E-state index contributed by atoms with van der Waals surface area (Å²) in [6, 6.07) is 12.1. The van der Waals surface area contributed by atoms with E-state index >= 15 is 0 Å². The molecule has 0 spiro atoms. The highest BCUT2D eigenvalue weighted by molar-refractivity contribution is 7.92. The number of carbonyl (C=O) groups excluding carboxylic acids is 1. The molecule has 30 heavy (non-hydrogen) atoms. The van der Waals surface area contributed by atoms with Crippen LogP contribution in [0.2, 0.25) is 0 Å². The Morgan fingerprint density at radius 1 is 1.03 bits per heavy atom. The molecule has 160 valence electrons. The van der Waals surface area contributed by atoms with E-state index in [0.717, 1.165) is 22.0 Å². The normalized spacial score (nSPS) is 12.1. The smallest absolute Gasteiger partial charge is 0.340 e. The van der Waals surface area contributed by atoms with Gasteiger partial charge in [0.2, 0.25) is 20.0 Å². The lowest BCUT2D eigenvalue weighted by molar-refractivity contribution is 0.0474. The molecule has 0 unspecified atom stereocenters. The standard InChI is InChI=1S/C20H22N2O6S2/c1-13-10-18-16(11-17(13)21-29(3,24)25)19(14(2)22(18)30(4,26)27)20(23)28-12-15-8-6-5-7-9-15/h5-11,21H,12H2,1-4H3. The second kappa shape index (κ2) is 7.77. The van der Waals surface area contributed by atoms with Crippen molar-refractivity contribution in [3.05, 3.63) is 64.8 Å². The lowest BCUT2D eigenvalue weighted by Crippen LogP contribution is -2.13. The molecule has 0 amide bonds. The van der Waals surface area contributed by atoms with E-state index in [1.54, 1.807) is 19.1 Å². The Morgan fingerprint density at radius 2 is 1.67 bits per heavy atom. The third-order valence-electron chi connectivity index (χ3n) is 4.54. The number of nitrogens with zero attached hydrogens (tertiary/aromatic N) is 1. The van der Waals surface area contributed by atoms with Gasteiger partial charge in [0.25, 0.3) is 0 Å². The van der Waals surface area contributed by atoms with E-state index in [1.807, 2.05) is 18.2 Å². The zero-order chi connectivity index (χ0) is 22.3. The van der Waals surface area contributed by atoms with E-state index in [-0.39, 0.29) is 34.5 Å². The van der Waals surface area contributed by atoms with Crippen LogP contribution in [0.3, 0.4) is 0 Å². The average molecular weight is 451 g/mol. The number of fused-ring (bicyclic) bond motifs is 1. The van der Waals surface area contributed by atoms with Gasteiger partial charge in [-0.2, -0.15) is 0 Å². The molecule has 3 rings (SSSR count). The van der Waals surface area contributed by atoms with Gasteiger partial charge in [-0.25, -0.2) is 25.6 Å². The number of hydrogen-bond acceptors (Lipinski definition) is 6. The van der Waals surface area contributed by atoms with E-state index in [9.17, 15) is 21.6 Å². The number of anilines is 1. The van der Waals surface area contributed by atoms with Crippen LogP contribution in [0.5, 0.6) is 0 Å². The van der Waals surface area contributed by atoms with Crippen LogP contribution in [0.4, 0.5) is 5.69 Å². The van der Waals surface area contributed by atoms with E-state index < -0.39 is 26.0 Å². The van der Waals surface area contributed by atoms with Crippen LogP contribution in [-0.4, -0.2) is 39.3 Å². The van der Waals surface area contributed by atoms with Gasteiger partial charge in [-0.15, -0.1) is 0 Å². The first-order valence-corrected chi connectivity index (χ1v) is 12.7. The summed E-state index contributed by atoms with van der Waals surface area (Å²) in [6.45, 7) is 3.18. The largest absolute Gasteiger partial charge is 0.457 e. The lowest BCUT2D eigenvalue weighted by atomic mass is 10.1. The number of aryl methyl sites for hydroxylation is 1. The Hall–Kier alpha value is -2.85. The topological polar surface area (TPSA) is 112 Å². The Kier molecular flexibility index (Phi) is 5.66. The third-order valence-corrected chi connectivity index (χ3v) is 6.27. The maximum Gasteiger partial charge on any atom is 0.340 e. The van der Waals surface area contributed by atoms with Gasteiger partial charge >= 0.3 is 5.97 Å². The highest BCUT2D eigenvalue weighted by Gasteiger charge is 2.26. The van der Waals surface area contributed by atoms with Crippen LogP contribution in [0.15, 0.2) is 42.5 Å². The molecule has 0 fully saturated rings. The molecule has 0 aliphatic carbocycles. The Morgan fingerprint density at radius 3 is 2.23 bits per heavy atom. The molecule has 1 N–H and O–H groups in total. The number of rotatable bonds is 6. The highest BCUT2D eigenvalue weighted by atomic mass is 32.2. The maximum absolute atomic E-state index is 12.9. The number of hydrogen-bond donors (Lipinski definition) is 1. The van der Waals surface area contributed by atoms with Crippen molar-refractivity contribution in [1.82, 2.24) is 3.97 Å². The molecular formula is C20H22N2O6S2. The number of esters is 1. The number of ether oxygens (including phenoxy) is 1. The molecule has 0 aliphatic heterocycles. The van der Waals surface area contributed by atoms with Crippen molar-refractivity contribution >= 4 is 42.6 Å². The van der Waals surface area contributed by atoms with Gasteiger partial charge in [0, 0.05) is 11.1 Å². The fourth-order valence-electron chi connectivity index (χ4n) is 3.33. The minimum atomic E-state index is -3.73. The van der Waals surface area contributed by atoms with Gasteiger partial charge in [0.15, 0.2) is 0 Å². The number of sulfonamides is 1. The average Bonchev–Trinajstić information content (AvgIpc) is 2.90. The molecule has 0 aliphatic rings. The van der Waals surface area contributed by atoms with Gasteiger partial charge in [-0.1, -0.05) is 30.3 Å². The summed E-state index contributed by atoms with van der Waals surface area (Å²) in [7, 11) is -7.31. The van der Waals surface area contributed by atoms with E-state index in [4.69, 9.17) is 4.74 Å². The minimum absolute atomic E-state index is 0.0188. The first-order chi connectivity index (χ1) is 13.9. The molecule has 3 aromatic rings. The van der Waals surface area contributed by atoms with Crippen molar-refractivity contribution in [3.63, 3.8) is 0 Å².